The Morgan fingerprint density at radius 3 is 2.56 bits per heavy atom. The minimum Gasteiger partial charge on any atom is -0.273 e. The molecule has 1 fully saturated rings. The predicted molar refractivity (Wildman–Crippen MR) is 67.4 cm³/mol. The summed E-state index contributed by atoms with van der Waals surface area (Å²) in [5.41, 5.74) is 3.73. The standard InChI is InChI=1S/C13H24N2O/c1-3-4-5-6-7-8-13(16)15-14-11(2)12-9-10-12/h12H,3-10H2,1-2H3,(H,15,16)/b14-11+. The summed E-state index contributed by atoms with van der Waals surface area (Å²) in [6.45, 7) is 4.20. The van der Waals surface area contributed by atoms with Crippen LogP contribution in [0.25, 0.3) is 0 Å². The van der Waals surface area contributed by atoms with E-state index in [9.17, 15) is 4.79 Å². The zero-order valence-electron chi connectivity index (χ0n) is 10.6. The molecular weight excluding hydrogens is 200 g/mol. The first-order valence-corrected chi connectivity index (χ1v) is 6.57. The number of nitrogens with zero attached hydrogens (tertiary/aromatic N) is 1. The molecule has 3 nitrogen and oxygen atoms in total. The molecule has 0 aromatic rings. The smallest absolute Gasteiger partial charge is 0.240 e. The molecule has 1 aliphatic rings. The van der Waals surface area contributed by atoms with E-state index < -0.39 is 0 Å². The second-order valence-electron chi connectivity index (χ2n) is 4.73. The Morgan fingerprint density at radius 1 is 1.25 bits per heavy atom. The van der Waals surface area contributed by atoms with Crippen molar-refractivity contribution in [3.8, 4) is 0 Å². The van der Waals surface area contributed by atoms with Crippen LogP contribution in [0, 0.1) is 5.92 Å². The zero-order valence-corrected chi connectivity index (χ0v) is 10.6. The molecule has 92 valence electrons. The molecule has 0 aromatic carbocycles. The molecule has 0 saturated heterocycles. The van der Waals surface area contributed by atoms with Gasteiger partial charge in [0.15, 0.2) is 0 Å². The van der Waals surface area contributed by atoms with Crippen molar-refractivity contribution in [3.63, 3.8) is 0 Å². The van der Waals surface area contributed by atoms with Gasteiger partial charge >= 0.3 is 0 Å². The van der Waals surface area contributed by atoms with Gasteiger partial charge in [-0.1, -0.05) is 32.6 Å². The first kappa shape index (κ1) is 13.2. The summed E-state index contributed by atoms with van der Waals surface area (Å²) in [5.74, 6) is 0.710. The van der Waals surface area contributed by atoms with Crippen LogP contribution in [-0.4, -0.2) is 11.6 Å². The van der Waals surface area contributed by atoms with Gasteiger partial charge in [0, 0.05) is 12.1 Å². The fourth-order valence-electron chi connectivity index (χ4n) is 1.69. The molecule has 3 heteroatoms. The Kier molecular flexibility index (Phi) is 6.12. The van der Waals surface area contributed by atoms with E-state index in [0.717, 1.165) is 18.6 Å². The van der Waals surface area contributed by atoms with Crippen molar-refractivity contribution in [2.75, 3.05) is 0 Å². The van der Waals surface area contributed by atoms with E-state index in [1.807, 2.05) is 6.92 Å². The molecule has 0 aromatic heterocycles. The molecule has 0 radical (unpaired) electrons. The highest BCUT2D eigenvalue weighted by Gasteiger charge is 2.24. The molecule has 0 heterocycles. The molecule has 0 spiro atoms. The number of nitrogens with one attached hydrogen (secondary N) is 1. The number of hydrogen-bond acceptors (Lipinski definition) is 2. The van der Waals surface area contributed by atoms with Gasteiger partial charge in [0.2, 0.25) is 5.91 Å². The van der Waals surface area contributed by atoms with Crippen LogP contribution in [0.2, 0.25) is 0 Å². The minimum atomic E-state index is 0.0662. The van der Waals surface area contributed by atoms with Crippen molar-refractivity contribution in [1.82, 2.24) is 5.43 Å². The van der Waals surface area contributed by atoms with Gasteiger partial charge in [-0.05, 0) is 32.1 Å². The lowest BCUT2D eigenvalue weighted by atomic mass is 10.1. The molecule has 1 saturated carbocycles. The average Bonchev–Trinajstić information content (AvgIpc) is 3.09. The zero-order chi connectivity index (χ0) is 11.8. The first-order chi connectivity index (χ1) is 7.74. The molecular formula is C13H24N2O. The van der Waals surface area contributed by atoms with Crippen LogP contribution in [0.15, 0.2) is 5.10 Å². The number of hydrogen-bond donors (Lipinski definition) is 1. The van der Waals surface area contributed by atoms with E-state index >= 15 is 0 Å². The normalized spacial score (nSPS) is 16.2. The van der Waals surface area contributed by atoms with E-state index in [1.54, 1.807) is 0 Å². The van der Waals surface area contributed by atoms with Crippen LogP contribution < -0.4 is 5.43 Å². The predicted octanol–water partition coefficient (Wildman–Crippen LogP) is 3.25. The maximum absolute atomic E-state index is 11.4. The fraction of sp³-hybridized carbons (Fsp3) is 0.846. The van der Waals surface area contributed by atoms with Crippen molar-refractivity contribution in [3.05, 3.63) is 0 Å². The maximum Gasteiger partial charge on any atom is 0.240 e. The highest BCUT2D eigenvalue weighted by atomic mass is 16.2. The topological polar surface area (TPSA) is 41.5 Å². The van der Waals surface area contributed by atoms with Crippen LogP contribution in [0.1, 0.15) is 65.2 Å². The lowest BCUT2D eigenvalue weighted by Gasteiger charge is -2.01. The first-order valence-electron chi connectivity index (χ1n) is 6.57. The van der Waals surface area contributed by atoms with Crippen LogP contribution in [0.5, 0.6) is 0 Å². The number of carbonyl (C=O) groups excluding carboxylic acids is 1. The van der Waals surface area contributed by atoms with Gasteiger partial charge in [0.05, 0.1) is 0 Å². The average molecular weight is 224 g/mol. The number of unbranched alkanes of at least 4 members (excludes halogenated alkanes) is 4. The van der Waals surface area contributed by atoms with Crippen molar-refractivity contribution in [2.24, 2.45) is 11.0 Å². The van der Waals surface area contributed by atoms with E-state index in [0.29, 0.717) is 12.3 Å². The number of carbonyl (C=O) groups is 1. The molecule has 1 rings (SSSR count). The van der Waals surface area contributed by atoms with Crippen molar-refractivity contribution < 1.29 is 4.79 Å². The van der Waals surface area contributed by atoms with Gasteiger partial charge in [-0.3, -0.25) is 4.79 Å². The van der Waals surface area contributed by atoms with Crippen molar-refractivity contribution in [2.45, 2.75) is 65.2 Å². The Morgan fingerprint density at radius 2 is 1.94 bits per heavy atom. The van der Waals surface area contributed by atoms with Crippen molar-refractivity contribution >= 4 is 11.6 Å². The monoisotopic (exact) mass is 224 g/mol. The van der Waals surface area contributed by atoms with Gasteiger partial charge in [0.25, 0.3) is 0 Å². The Balaban J connectivity index is 2.00. The molecule has 1 amide bonds. The fourth-order valence-corrected chi connectivity index (χ4v) is 1.69. The molecule has 1 N–H and O–H groups in total. The molecule has 0 bridgehead atoms. The Labute approximate surface area is 98.7 Å². The number of rotatable bonds is 8. The molecule has 0 atom stereocenters. The molecule has 0 aliphatic heterocycles. The molecule has 1 aliphatic carbocycles. The largest absolute Gasteiger partial charge is 0.273 e. The summed E-state index contributed by atoms with van der Waals surface area (Å²) >= 11 is 0. The third kappa shape index (κ3) is 5.89. The Hall–Kier alpha value is -0.860. The number of hydrazone groups is 1. The van der Waals surface area contributed by atoms with Crippen LogP contribution in [-0.2, 0) is 4.79 Å². The third-order valence-corrected chi connectivity index (χ3v) is 3.03. The molecule has 0 unspecified atom stereocenters. The van der Waals surface area contributed by atoms with Gasteiger partial charge < -0.3 is 0 Å². The summed E-state index contributed by atoms with van der Waals surface area (Å²) in [6.07, 6.45) is 9.01. The van der Waals surface area contributed by atoms with E-state index in [-0.39, 0.29) is 5.91 Å². The summed E-state index contributed by atoms with van der Waals surface area (Å²) in [7, 11) is 0. The summed E-state index contributed by atoms with van der Waals surface area (Å²) in [5, 5.41) is 4.12. The summed E-state index contributed by atoms with van der Waals surface area (Å²) < 4.78 is 0. The van der Waals surface area contributed by atoms with Crippen LogP contribution >= 0.6 is 0 Å². The highest BCUT2D eigenvalue weighted by Crippen LogP contribution is 2.30. The lowest BCUT2D eigenvalue weighted by molar-refractivity contribution is -0.121. The minimum absolute atomic E-state index is 0.0662. The van der Waals surface area contributed by atoms with Crippen LogP contribution in [0.4, 0.5) is 0 Å². The van der Waals surface area contributed by atoms with E-state index in [2.05, 4.69) is 17.5 Å². The molecule has 16 heavy (non-hydrogen) atoms. The quantitative estimate of drug-likeness (QED) is 0.384. The Bertz CT molecular complexity index is 244. The number of amides is 1. The van der Waals surface area contributed by atoms with E-state index in [1.165, 1.54) is 32.1 Å². The summed E-state index contributed by atoms with van der Waals surface area (Å²) in [6, 6.07) is 0. The van der Waals surface area contributed by atoms with Crippen molar-refractivity contribution in [1.29, 1.82) is 0 Å². The third-order valence-electron chi connectivity index (χ3n) is 3.03. The maximum atomic E-state index is 11.4. The summed E-state index contributed by atoms with van der Waals surface area (Å²) in [4.78, 5) is 11.4. The lowest BCUT2D eigenvalue weighted by Crippen LogP contribution is -2.18. The second-order valence-corrected chi connectivity index (χ2v) is 4.73. The van der Waals surface area contributed by atoms with E-state index in [4.69, 9.17) is 0 Å². The van der Waals surface area contributed by atoms with Gasteiger partial charge in [-0.2, -0.15) is 5.10 Å². The van der Waals surface area contributed by atoms with Gasteiger partial charge in [-0.25, -0.2) is 5.43 Å². The van der Waals surface area contributed by atoms with Crippen LogP contribution in [0.3, 0.4) is 0 Å². The van der Waals surface area contributed by atoms with Gasteiger partial charge in [-0.15, -0.1) is 0 Å². The SMILES string of the molecule is CCCCCCCC(=O)N/N=C(\C)C1CC1. The second kappa shape index (κ2) is 7.42. The highest BCUT2D eigenvalue weighted by molar-refractivity contribution is 5.87. The van der Waals surface area contributed by atoms with Gasteiger partial charge in [0.1, 0.15) is 0 Å².